The Morgan fingerprint density at radius 1 is 1.08 bits per heavy atom. The number of carboxylic acids is 1. The van der Waals surface area contributed by atoms with Crippen LogP contribution in [0.1, 0.15) is 37.0 Å². The van der Waals surface area contributed by atoms with Gasteiger partial charge in [-0.25, -0.2) is 4.39 Å². The van der Waals surface area contributed by atoms with E-state index in [9.17, 15) is 27.5 Å². The van der Waals surface area contributed by atoms with Crippen molar-refractivity contribution in [3.05, 3.63) is 83.2 Å². The van der Waals surface area contributed by atoms with Crippen molar-refractivity contribution in [2.75, 3.05) is 11.6 Å². The number of halogens is 4. The van der Waals surface area contributed by atoms with Crippen molar-refractivity contribution < 1.29 is 32.2 Å². The number of alkyl halides is 3. The molecule has 0 unspecified atom stereocenters. The highest BCUT2D eigenvalue weighted by molar-refractivity contribution is 5.96. The Bertz CT molecular complexity index is 1350. The fourth-order valence-corrected chi connectivity index (χ4v) is 4.71. The molecule has 0 fully saturated rings. The third-order valence-corrected chi connectivity index (χ3v) is 6.71. The van der Waals surface area contributed by atoms with Crippen LogP contribution in [0, 0.1) is 18.7 Å². The topological polar surface area (TPSA) is 62.1 Å². The second kappa shape index (κ2) is 10.8. The molecule has 0 aromatic heterocycles. The third kappa shape index (κ3) is 5.82. The van der Waals surface area contributed by atoms with Gasteiger partial charge in [-0.2, -0.15) is 18.3 Å². The van der Waals surface area contributed by atoms with Crippen LogP contribution in [0.5, 0.6) is 5.75 Å². The normalized spacial score (nSPS) is 17.4. The highest BCUT2D eigenvalue weighted by atomic mass is 19.4. The molecule has 3 aromatic rings. The number of aryl methyl sites for hydroxylation is 1. The highest BCUT2D eigenvalue weighted by Gasteiger charge is 2.48. The molecule has 38 heavy (non-hydrogen) atoms. The van der Waals surface area contributed by atoms with Crippen LogP contribution < -0.4 is 9.75 Å². The zero-order valence-corrected chi connectivity index (χ0v) is 21.2. The lowest BCUT2D eigenvalue weighted by atomic mass is 9.94. The van der Waals surface area contributed by atoms with Crippen LogP contribution in [0.4, 0.5) is 23.2 Å². The standard InChI is InChI=1S/C29H28F4N2O3/c1-4-38-23-11-12-25(30)24(15-23)21-8-7-20(17(2)13-21)14-19-5-9-22(10-6-19)35-26(16-27(36)37)18(3)28(34-35)29(31,32)33/h5-13,15,18,26H,4,14,16H2,1-3H3,(H,36,37)/t18-,26-/m0/s1. The molecular weight excluding hydrogens is 500 g/mol. The minimum absolute atomic E-state index is 0.343. The smallest absolute Gasteiger partial charge is 0.431 e. The van der Waals surface area contributed by atoms with Crippen LogP contribution in [0.2, 0.25) is 0 Å². The summed E-state index contributed by atoms with van der Waals surface area (Å²) in [6.45, 7) is 5.63. The number of rotatable bonds is 8. The molecule has 4 rings (SSSR count). The van der Waals surface area contributed by atoms with Gasteiger partial charge in [-0.15, -0.1) is 0 Å². The molecule has 1 N–H and O–H groups in total. The molecular formula is C29H28F4N2O3. The van der Waals surface area contributed by atoms with Gasteiger partial charge in [-0.1, -0.05) is 37.3 Å². The van der Waals surface area contributed by atoms with Gasteiger partial charge in [-0.3, -0.25) is 9.80 Å². The summed E-state index contributed by atoms with van der Waals surface area (Å²) in [6.07, 6.45) is -4.55. The lowest BCUT2D eigenvalue weighted by Crippen LogP contribution is -2.36. The van der Waals surface area contributed by atoms with Crippen molar-refractivity contribution in [1.29, 1.82) is 0 Å². The first-order valence-corrected chi connectivity index (χ1v) is 12.3. The summed E-state index contributed by atoms with van der Waals surface area (Å²) in [5.74, 6) is -2.02. The summed E-state index contributed by atoms with van der Waals surface area (Å²) in [5.41, 5.74) is 3.47. The highest BCUT2D eigenvalue weighted by Crippen LogP contribution is 2.36. The number of hydrogen-bond acceptors (Lipinski definition) is 4. The molecule has 1 aliphatic heterocycles. The van der Waals surface area contributed by atoms with E-state index in [4.69, 9.17) is 4.74 Å². The van der Waals surface area contributed by atoms with Crippen LogP contribution in [-0.2, 0) is 11.2 Å². The maximum atomic E-state index is 14.5. The van der Waals surface area contributed by atoms with E-state index < -0.39 is 36.2 Å². The predicted octanol–water partition coefficient (Wildman–Crippen LogP) is 7.01. The van der Waals surface area contributed by atoms with Gasteiger partial charge in [0.1, 0.15) is 17.3 Å². The summed E-state index contributed by atoms with van der Waals surface area (Å²) in [6, 6.07) is 16.3. The van der Waals surface area contributed by atoms with E-state index >= 15 is 0 Å². The van der Waals surface area contributed by atoms with E-state index in [1.165, 1.54) is 13.0 Å². The molecule has 200 valence electrons. The van der Waals surface area contributed by atoms with Gasteiger partial charge in [0.15, 0.2) is 0 Å². The minimum atomic E-state index is -4.64. The number of hydrazone groups is 1. The van der Waals surface area contributed by atoms with Gasteiger partial charge in [0.05, 0.1) is 24.8 Å². The van der Waals surface area contributed by atoms with Crippen LogP contribution in [0.15, 0.2) is 65.8 Å². The Morgan fingerprint density at radius 3 is 2.39 bits per heavy atom. The number of aliphatic carboxylic acids is 1. The number of nitrogens with zero attached hydrogens (tertiary/aromatic N) is 2. The van der Waals surface area contributed by atoms with Crippen LogP contribution in [0.25, 0.3) is 11.1 Å². The third-order valence-electron chi connectivity index (χ3n) is 6.71. The van der Waals surface area contributed by atoms with Gasteiger partial charge in [-0.05, 0) is 72.9 Å². The van der Waals surface area contributed by atoms with E-state index in [2.05, 4.69) is 5.10 Å². The average Bonchev–Trinajstić information content (AvgIpc) is 3.18. The maximum Gasteiger partial charge on any atom is 0.431 e. The van der Waals surface area contributed by atoms with Gasteiger partial charge in [0, 0.05) is 11.5 Å². The molecule has 0 saturated heterocycles. The first-order valence-electron chi connectivity index (χ1n) is 12.3. The molecule has 1 aliphatic rings. The Hall–Kier alpha value is -3.88. The Morgan fingerprint density at radius 2 is 1.79 bits per heavy atom. The molecule has 0 saturated carbocycles. The van der Waals surface area contributed by atoms with E-state index in [0.29, 0.717) is 30.0 Å². The quantitative estimate of drug-likeness (QED) is 0.320. The van der Waals surface area contributed by atoms with E-state index in [0.717, 1.165) is 27.3 Å². The van der Waals surface area contributed by atoms with Crippen molar-refractivity contribution in [1.82, 2.24) is 0 Å². The molecule has 1 heterocycles. The number of benzene rings is 3. The Kier molecular flexibility index (Phi) is 7.76. The predicted molar refractivity (Wildman–Crippen MR) is 138 cm³/mol. The largest absolute Gasteiger partial charge is 0.494 e. The molecule has 3 aromatic carbocycles. The van der Waals surface area contributed by atoms with Gasteiger partial charge < -0.3 is 9.84 Å². The van der Waals surface area contributed by atoms with Gasteiger partial charge in [0.2, 0.25) is 0 Å². The summed E-state index contributed by atoms with van der Waals surface area (Å²) >= 11 is 0. The van der Waals surface area contributed by atoms with Gasteiger partial charge in [0.25, 0.3) is 0 Å². The Labute approximate surface area is 218 Å². The molecule has 0 aliphatic carbocycles. The first kappa shape index (κ1) is 27.2. The second-order valence-corrected chi connectivity index (χ2v) is 9.34. The fourth-order valence-electron chi connectivity index (χ4n) is 4.71. The van der Waals surface area contributed by atoms with Crippen LogP contribution in [-0.4, -0.2) is 35.6 Å². The van der Waals surface area contributed by atoms with E-state index in [1.807, 2.05) is 32.0 Å². The van der Waals surface area contributed by atoms with Crippen molar-refractivity contribution in [3.63, 3.8) is 0 Å². The minimum Gasteiger partial charge on any atom is -0.494 e. The molecule has 2 atom stereocenters. The summed E-state index contributed by atoms with van der Waals surface area (Å²) in [5, 5.41) is 14.2. The fraction of sp³-hybridized carbons (Fsp3) is 0.310. The van der Waals surface area contributed by atoms with Crippen molar-refractivity contribution in [2.24, 2.45) is 11.0 Å². The van der Waals surface area contributed by atoms with Crippen molar-refractivity contribution in [2.45, 2.75) is 45.8 Å². The Balaban J connectivity index is 1.55. The number of ether oxygens (including phenoxy) is 1. The van der Waals surface area contributed by atoms with Crippen LogP contribution >= 0.6 is 0 Å². The van der Waals surface area contributed by atoms with Crippen LogP contribution in [0.3, 0.4) is 0 Å². The second-order valence-electron chi connectivity index (χ2n) is 9.34. The first-order chi connectivity index (χ1) is 18.0. The zero-order valence-electron chi connectivity index (χ0n) is 21.2. The molecule has 0 radical (unpaired) electrons. The number of anilines is 1. The molecule has 0 amide bonds. The SMILES string of the molecule is CCOc1ccc(F)c(-c2ccc(Cc3ccc(N4N=C(C(F)(F)F)[C@@H](C)[C@@H]4CC(=O)O)cc3)c(C)c2)c1. The molecule has 0 bridgehead atoms. The molecule has 0 spiro atoms. The summed E-state index contributed by atoms with van der Waals surface area (Å²) < 4.78 is 60.3. The van der Waals surface area contributed by atoms with Crippen molar-refractivity contribution in [3.8, 4) is 16.9 Å². The number of hydrogen-bond donors (Lipinski definition) is 1. The summed E-state index contributed by atoms with van der Waals surface area (Å²) in [4.78, 5) is 11.3. The van der Waals surface area contributed by atoms with Crippen molar-refractivity contribution >= 4 is 17.4 Å². The van der Waals surface area contributed by atoms with E-state index in [-0.39, 0.29) is 5.82 Å². The lowest BCUT2D eigenvalue weighted by molar-refractivity contribution is -0.137. The monoisotopic (exact) mass is 528 g/mol. The zero-order chi connectivity index (χ0) is 27.6. The lowest BCUT2D eigenvalue weighted by Gasteiger charge is -2.25. The van der Waals surface area contributed by atoms with Gasteiger partial charge >= 0.3 is 12.1 Å². The number of carboxylic acid groups (broad SMARTS) is 1. The van der Waals surface area contributed by atoms with E-state index in [1.54, 1.807) is 36.4 Å². The summed E-state index contributed by atoms with van der Waals surface area (Å²) in [7, 11) is 0. The average molecular weight is 529 g/mol. The molecule has 9 heteroatoms. The molecule has 5 nitrogen and oxygen atoms in total. The number of carbonyl (C=O) groups is 1. The maximum absolute atomic E-state index is 14.5.